The van der Waals surface area contributed by atoms with Crippen LogP contribution in [0.2, 0.25) is 0 Å². The number of carbonyl (C=O) groups is 2. The van der Waals surface area contributed by atoms with Gasteiger partial charge in [0.2, 0.25) is 0 Å². The van der Waals surface area contributed by atoms with Crippen LogP contribution in [0.3, 0.4) is 0 Å². The third-order valence-corrected chi connectivity index (χ3v) is 2.71. The summed E-state index contributed by atoms with van der Waals surface area (Å²) < 4.78 is 4.69. The number of hydrogen-bond acceptors (Lipinski definition) is 5. The summed E-state index contributed by atoms with van der Waals surface area (Å²) in [5, 5.41) is 0. The van der Waals surface area contributed by atoms with Gasteiger partial charge in [-0.3, -0.25) is 4.79 Å². The number of rotatable bonds is 6. The maximum atomic E-state index is 10.9. The molecule has 1 atom stereocenters. The molecule has 0 bridgehead atoms. The summed E-state index contributed by atoms with van der Waals surface area (Å²) in [6.45, 7) is 4.74. The van der Waals surface area contributed by atoms with Gasteiger partial charge in [0.15, 0.2) is 5.52 Å². The lowest BCUT2D eigenvalue weighted by atomic mass is 10.4. The molecule has 0 fully saturated rings. The Morgan fingerprint density at radius 3 is 2.57 bits per heavy atom. The van der Waals surface area contributed by atoms with Crippen LogP contribution in [0.5, 0.6) is 0 Å². The van der Waals surface area contributed by atoms with Crippen molar-refractivity contribution in [2.45, 2.75) is 6.92 Å². The summed E-state index contributed by atoms with van der Waals surface area (Å²) in [5.74, 6) is -0.520. The highest BCUT2D eigenvalue weighted by atomic mass is 31.1. The Morgan fingerprint density at radius 1 is 1.57 bits per heavy atom. The highest BCUT2D eigenvalue weighted by Crippen LogP contribution is 2.29. The fourth-order valence-electron chi connectivity index (χ4n) is 0.578. The zero-order valence-corrected chi connectivity index (χ0v) is 8.92. The normalized spacial score (nSPS) is 11.9. The molecule has 80 valence electrons. The van der Waals surface area contributed by atoms with Crippen molar-refractivity contribution in [3.8, 4) is 0 Å². The van der Waals surface area contributed by atoms with Crippen LogP contribution in [0, 0.1) is 0 Å². The molecule has 0 aromatic rings. The molecule has 0 aromatic heterocycles. The molecule has 0 spiro atoms. The number of carbonyl (C=O) groups excluding carboxylic acids is 2. The maximum Gasteiger partial charge on any atom is 0.333 e. The van der Waals surface area contributed by atoms with Crippen LogP contribution in [-0.2, 0) is 14.3 Å². The topological polar surface area (TPSA) is 89.6 Å². The Kier molecular flexibility index (Phi) is 6.28. The van der Waals surface area contributed by atoms with Gasteiger partial charge in [0.1, 0.15) is 0 Å². The third kappa shape index (κ3) is 5.07. The van der Waals surface area contributed by atoms with Gasteiger partial charge in [0.25, 0.3) is 0 Å². The summed E-state index contributed by atoms with van der Waals surface area (Å²) in [4.78, 5) is 30.9. The minimum atomic E-state index is -1.76. The van der Waals surface area contributed by atoms with E-state index in [9.17, 15) is 14.5 Å². The fourth-order valence-corrected chi connectivity index (χ4v) is 1.30. The van der Waals surface area contributed by atoms with E-state index >= 15 is 0 Å². The predicted octanol–water partition coefficient (Wildman–Crippen LogP) is -0.0198. The lowest BCUT2D eigenvalue weighted by Crippen LogP contribution is -2.15. The standard InChI is InChI=1S/C8H14NO4P/c1-6(2)8(11)13-3-4-14(12)7(10)5-9/h12H,1,3-5,9H2,2H3. The highest BCUT2D eigenvalue weighted by molar-refractivity contribution is 7.69. The van der Waals surface area contributed by atoms with E-state index in [2.05, 4.69) is 6.58 Å². The Balaban J connectivity index is 3.69. The Morgan fingerprint density at radius 2 is 2.14 bits per heavy atom. The third-order valence-electron chi connectivity index (χ3n) is 1.35. The number of hydrogen-bond donors (Lipinski definition) is 2. The van der Waals surface area contributed by atoms with Crippen LogP contribution in [0.25, 0.3) is 0 Å². The van der Waals surface area contributed by atoms with Crippen LogP contribution >= 0.6 is 8.15 Å². The Labute approximate surface area is 83.8 Å². The molecular weight excluding hydrogens is 205 g/mol. The van der Waals surface area contributed by atoms with Crippen molar-refractivity contribution in [2.24, 2.45) is 5.73 Å². The van der Waals surface area contributed by atoms with Crippen molar-refractivity contribution in [3.05, 3.63) is 12.2 Å². The van der Waals surface area contributed by atoms with E-state index in [1.165, 1.54) is 6.92 Å². The molecule has 0 heterocycles. The first-order valence-electron chi connectivity index (χ1n) is 4.01. The molecule has 6 heteroatoms. The van der Waals surface area contributed by atoms with Gasteiger partial charge in [0, 0.05) is 11.7 Å². The molecule has 5 nitrogen and oxygen atoms in total. The second kappa shape index (κ2) is 6.65. The number of ether oxygens (including phenoxy) is 1. The molecule has 1 unspecified atom stereocenters. The lowest BCUT2D eigenvalue weighted by Gasteiger charge is -2.08. The second-order valence-electron chi connectivity index (χ2n) is 2.64. The molecule has 0 saturated carbocycles. The van der Waals surface area contributed by atoms with Crippen molar-refractivity contribution < 1.29 is 19.2 Å². The molecule has 3 N–H and O–H groups in total. The summed E-state index contributed by atoms with van der Waals surface area (Å²) in [5.41, 5.74) is 4.93. The van der Waals surface area contributed by atoms with Crippen molar-refractivity contribution >= 4 is 19.6 Å². The maximum absolute atomic E-state index is 10.9. The minimum Gasteiger partial charge on any atom is -0.462 e. The SMILES string of the molecule is C=C(C)C(=O)OCCP(O)C(=O)CN. The van der Waals surface area contributed by atoms with Crippen molar-refractivity contribution in [1.29, 1.82) is 0 Å². The first kappa shape index (κ1) is 13.2. The van der Waals surface area contributed by atoms with Crippen LogP contribution in [0.15, 0.2) is 12.2 Å². The van der Waals surface area contributed by atoms with E-state index in [1.54, 1.807) is 0 Å². The van der Waals surface area contributed by atoms with Crippen molar-refractivity contribution in [1.82, 2.24) is 0 Å². The molecule has 14 heavy (non-hydrogen) atoms. The zero-order chi connectivity index (χ0) is 11.1. The molecule has 0 aliphatic heterocycles. The number of nitrogens with two attached hydrogens (primary N) is 1. The Hall–Kier alpha value is -0.770. The largest absolute Gasteiger partial charge is 0.462 e. The van der Waals surface area contributed by atoms with Gasteiger partial charge < -0.3 is 15.4 Å². The van der Waals surface area contributed by atoms with Gasteiger partial charge in [-0.05, 0) is 6.92 Å². The van der Waals surface area contributed by atoms with Crippen molar-refractivity contribution in [2.75, 3.05) is 19.3 Å². The molecule has 0 aromatic carbocycles. The van der Waals surface area contributed by atoms with Gasteiger partial charge >= 0.3 is 5.97 Å². The zero-order valence-electron chi connectivity index (χ0n) is 8.02. The molecular formula is C8H14NO4P. The Bertz CT molecular complexity index is 241. The average molecular weight is 219 g/mol. The predicted molar refractivity (Wildman–Crippen MR) is 53.8 cm³/mol. The van der Waals surface area contributed by atoms with E-state index < -0.39 is 19.6 Å². The quantitative estimate of drug-likeness (QED) is 0.372. The van der Waals surface area contributed by atoms with E-state index in [-0.39, 0.29) is 24.9 Å². The fraction of sp³-hybridized carbons (Fsp3) is 0.500. The molecule has 0 rings (SSSR count). The number of esters is 1. The van der Waals surface area contributed by atoms with Gasteiger partial charge in [-0.25, -0.2) is 4.79 Å². The van der Waals surface area contributed by atoms with Gasteiger partial charge in [-0.15, -0.1) is 0 Å². The molecule has 0 amide bonds. The summed E-state index contributed by atoms with van der Waals surface area (Å²) >= 11 is 0. The molecule has 0 aliphatic carbocycles. The van der Waals surface area contributed by atoms with Crippen LogP contribution < -0.4 is 5.73 Å². The molecule has 0 saturated heterocycles. The molecule has 0 radical (unpaired) electrons. The first-order chi connectivity index (χ1) is 6.49. The smallest absolute Gasteiger partial charge is 0.333 e. The van der Waals surface area contributed by atoms with E-state index in [4.69, 9.17) is 10.5 Å². The van der Waals surface area contributed by atoms with Gasteiger partial charge in [-0.1, -0.05) is 6.58 Å². The van der Waals surface area contributed by atoms with Crippen LogP contribution in [0.1, 0.15) is 6.92 Å². The van der Waals surface area contributed by atoms with Crippen molar-refractivity contribution in [3.63, 3.8) is 0 Å². The lowest BCUT2D eigenvalue weighted by molar-refractivity contribution is -0.138. The monoisotopic (exact) mass is 219 g/mol. The van der Waals surface area contributed by atoms with E-state index in [0.717, 1.165) is 0 Å². The highest BCUT2D eigenvalue weighted by Gasteiger charge is 2.14. The van der Waals surface area contributed by atoms with Crippen LogP contribution in [-0.4, -0.2) is 35.7 Å². The summed E-state index contributed by atoms with van der Waals surface area (Å²) in [7, 11) is -1.76. The van der Waals surface area contributed by atoms with E-state index in [1.807, 2.05) is 0 Å². The van der Waals surface area contributed by atoms with E-state index in [0.29, 0.717) is 0 Å². The first-order valence-corrected chi connectivity index (χ1v) is 5.49. The second-order valence-corrected chi connectivity index (χ2v) is 4.38. The summed E-state index contributed by atoms with van der Waals surface area (Å²) in [6.07, 6.45) is 0.129. The summed E-state index contributed by atoms with van der Waals surface area (Å²) in [6, 6.07) is 0. The minimum absolute atomic E-state index is 0.0135. The average Bonchev–Trinajstić information content (AvgIpc) is 2.15. The molecule has 0 aliphatic rings. The van der Waals surface area contributed by atoms with Gasteiger partial charge in [0.05, 0.1) is 21.3 Å². The van der Waals surface area contributed by atoms with Gasteiger partial charge in [-0.2, -0.15) is 0 Å². The van der Waals surface area contributed by atoms with Crippen LogP contribution in [0.4, 0.5) is 0 Å².